The Kier molecular flexibility index (Phi) is 4.79. The van der Waals surface area contributed by atoms with Crippen molar-refractivity contribution in [2.75, 3.05) is 13.7 Å². The molecule has 3 heteroatoms. The molecule has 1 N–H and O–H groups in total. The van der Waals surface area contributed by atoms with Gasteiger partial charge >= 0.3 is 0 Å². The lowest BCUT2D eigenvalue weighted by Crippen LogP contribution is -2.55. The molecule has 3 nitrogen and oxygen atoms in total. The SMILES string of the molecule is COCC1(O)CCC[C@@]2(C)C(CC[C@@H]3C2CC[C@]2(C)C(=O)CCCC32)C1. The van der Waals surface area contributed by atoms with Gasteiger partial charge in [0.25, 0.3) is 0 Å². The molecule has 148 valence electrons. The molecule has 0 aromatic heterocycles. The zero-order valence-electron chi connectivity index (χ0n) is 17.1. The molecule has 0 spiro atoms. The van der Waals surface area contributed by atoms with Gasteiger partial charge < -0.3 is 9.84 Å². The number of rotatable bonds is 2. The largest absolute Gasteiger partial charge is 0.387 e. The van der Waals surface area contributed by atoms with Gasteiger partial charge in [0.2, 0.25) is 0 Å². The maximum atomic E-state index is 12.8. The summed E-state index contributed by atoms with van der Waals surface area (Å²) in [6.45, 7) is 5.29. The van der Waals surface area contributed by atoms with Crippen molar-refractivity contribution in [2.45, 2.75) is 90.1 Å². The number of hydrogen-bond donors (Lipinski definition) is 1. The highest BCUT2D eigenvalue weighted by Crippen LogP contribution is 2.64. The van der Waals surface area contributed by atoms with Gasteiger partial charge in [-0.1, -0.05) is 13.8 Å². The topological polar surface area (TPSA) is 46.5 Å². The van der Waals surface area contributed by atoms with E-state index < -0.39 is 5.60 Å². The molecule has 4 fully saturated rings. The number of carbonyl (C=O) groups is 1. The minimum Gasteiger partial charge on any atom is -0.387 e. The van der Waals surface area contributed by atoms with Gasteiger partial charge in [0.1, 0.15) is 5.78 Å². The summed E-state index contributed by atoms with van der Waals surface area (Å²) in [5, 5.41) is 11.1. The van der Waals surface area contributed by atoms with Gasteiger partial charge in [-0.05, 0) is 93.3 Å². The molecule has 4 aliphatic rings. The van der Waals surface area contributed by atoms with Crippen molar-refractivity contribution in [3.05, 3.63) is 0 Å². The smallest absolute Gasteiger partial charge is 0.139 e. The van der Waals surface area contributed by atoms with Gasteiger partial charge in [0.15, 0.2) is 0 Å². The summed E-state index contributed by atoms with van der Waals surface area (Å²) in [4.78, 5) is 12.8. The first-order chi connectivity index (χ1) is 12.3. The van der Waals surface area contributed by atoms with Gasteiger partial charge in [0, 0.05) is 18.9 Å². The molecule has 0 bridgehead atoms. The molecular weight excluding hydrogens is 324 g/mol. The van der Waals surface area contributed by atoms with E-state index in [0.717, 1.165) is 50.4 Å². The highest BCUT2D eigenvalue weighted by molar-refractivity contribution is 5.85. The van der Waals surface area contributed by atoms with E-state index in [1.807, 2.05) is 0 Å². The van der Waals surface area contributed by atoms with Gasteiger partial charge in [-0.2, -0.15) is 0 Å². The van der Waals surface area contributed by atoms with Crippen molar-refractivity contribution in [1.82, 2.24) is 0 Å². The minimum absolute atomic E-state index is 0.0376. The second kappa shape index (κ2) is 6.58. The van der Waals surface area contributed by atoms with E-state index >= 15 is 0 Å². The zero-order chi connectivity index (χ0) is 18.6. The quantitative estimate of drug-likeness (QED) is 0.770. The van der Waals surface area contributed by atoms with Crippen LogP contribution >= 0.6 is 0 Å². The predicted molar refractivity (Wildman–Crippen MR) is 103 cm³/mol. The third-order valence-corrected chi connectivity index (χ3v) is 9.41. The summed E-state index contributed by atoms with van der Waals surface area (Å²) in [7, 11) is 1.71. The minimum atomic E-state index is -0.631. The summed E-state index contributed by atoms with van der Waals surface area (Å²) in [5.41, 5.74) is -0.332. The Morgan fingerprint density at radius 1 is 1.04 bits per heavy atom. The van der Waals surface area contributed by atoms with Gasteiger partial charge in [0.05, 0.1) is 12.2 Å². The van der Waals surface area contributed by atoms with E-state index in [1.165, 1.54) is 32.1 Å². The van der Waals surface area contributed by atoms with Crippen LogP contribution in [0, 0.1) is 34.5 Å². The molecule has 7 atom stereocenters. The van der Waals surface area contributed by atoms with E-state index in [1.54, 1.807) is 7.11 Å². The third-order valence-electron chi connectivity index (χ3n) is 9.41. The second-order valence-corrected chi connectivity index (χ2v) is 10.6. The number of fused-ring (bicyclic) bond motifs is 5. The molecule has 0 aromatic rings. The fourth-order valence-corrected chi connectivity index (χ4v) is 7.99. The number of hydrogen-bond acceptors (Lipinski definition) is 3. The zero-order valence-corrected chi connectivity index (χ0v) is 17.1. The molecule has 0 amide bonds. The van der Waals surface area contributed by atoms with Crippen molar-refractivity contribution >= 4 is 5.78 Å². The van der Waals surface area contributed by atoms with Crippen molar-refractivity contribution < 1.29 is 14.6 Å². The molecule has 0 aromatic carbocycles. The Labute approximate surface area is 159 Å². The Morgan fingerprint density at radius 3 is 2.62 bits per heavy atom. The van der Waals surface area contributed by atoms with Gasteiger partial charge in [-0.25, -0.2) is 0 Å². The summed E-state index contributed by atoms with van der Waals surface area (Å²) < 4.78 is 5.37. The van der Waals surface area contributed by atoms with E-state index in [-0.39, 0.29) is 5.41 Å². The average Bonchev–Trinajstić information content (AvgIpc) is 2.72. The standard InChI is InChI=1S/C23H38O3/c1-21-11-5-12-23(25,15-26-3)14-16(21)8-9-17-18-6-4-7-20(24)22(18,2)13-10-19(17)21/h16-19,25H,4-15H2,1-3H3/t16?,17-,18?,19?,21-,22-,23?/m0/s1. The number of ketones is 1. The molecule has 0 saturated heterocycles. The van der Waals surface area contributed by atoms with Crippen LogP contribution in [0.3, 0.4) is 0 Å². The lowest BCUT2D eigenvalue weighted by atomic mass is 9.44. The third kappa shape index (κ3) is 2.80. The van der Waals surface area contributed by atoms with Crippen LogP contribution < -0.4 is 0 Å². The first-order valence-corrected chi connectivity index (χ1v) is 11.1. The monoisotopic (exact) mass is 362 g/mol. The maximum absolute atomic E-state index is 12.8. The van der Waals surface area contributed by atoms with Crippen LogP contribution in [0.2, 0.25) is 0 Å². The summed E-state index contributed by atoms with van der Waals surface area (Å²) >= 11 is 0. The molecule has 0 radical (unpaired) electrons. The summed E-state index contributed by atoms with van der Waals surface area (Å²) in [6.07, 6.45) is 12.1. The Hall–Kier alpha value is -0.410. The molecule has 4 saturated carbocycles. The van der Waals surface area contributed by atoms with Crippen LogP contribution in [-0.4, -0.2) is 30.2 Å². The summed E-state index contributed by atoms with van der Waals surface area (Å²) in [6, 6.07) is 0. The Balaban J connectivity index is 1.60. The maximum Gasteiger partial charge on any atom is 0.139 e. The number of ether oxygens (including phenoxy) is 1. The highest BCUT2D eigenvalue weighted by Gasteiger charge is 2.59. The molecule has 4 unspecified atom stereocenters. The first kappa shape index (κ1) is 18.9. The highest BCUT2D eigenvalue weighted by atomic mass is 16.5. The van der Waals surface area contributed by atoms with Crippen LogP contribution in [0.4, 0.5) is 0 Å². The van der Waals surface area contributed by atoms with E-state index in [4.69, 9.17) is 4.74 Å². The van der Waals surface area contributed by atoms with Crippen molar-refractivity contribution in [2.24, 2.45) is 34.5 Å². The average molecular weight is 363 g/mol. The lowest BCUT2D eigenvalue weighted by Gasteiger charge is -2.60. The van der Waals surface area contributed by atoms with E-state index in [9.17, 15) is 9.90 Å². The number of aliphatic hydroxyl groups is 1. The Morgan fingerprint density at radius 2 is 1.85 bits per heavy atom. The molecule has 4 aliphatic carbocycles. The lowest BCUT2D eigenvalue weighted by molar-refractivity contribution is -0.154. The fraction of sp³-hybridized carbons (Fsp3) is 0.957. The second-order valence-electron chi connectivity index (χ2n) is 10.6. The van der Waals surface area contributed by atoms with Gasteiger partial charge in [-0.15, -0.1) is 0 Å². The van der Waals surface area contributed by atoms with Gasteiger partial charge in [-0.3, -0.25) is 4.79 Å². The van der Waals surface area contributed by atoms with E-state index in [0.29, 0.717) is 29.6 Å². The van der Waals surface area contributed by atoms with Crippen LogP contribution in [0.15, 0.2) is 0 Å². The normalized spacial score (nSPS) is 51.8. The van der Waals surface area contributed by atoms with E-state index in [2.05, 4.69) is 13.8 Å². The molecule has 0 heterocycles. The summed E-state index contributed by atoms with van der Waals surface area (Å²) in [5.74, 6) is 3.24. The van der Waals surface area contributed by atoms with Crippen molar-refractivity contribution in [3.8, 4) is 0 Å². The number of carbonyl (C=O) groups excluding carboxylic acids is 1. The fourth-order valence-electron chi connectivity index (χ4n) is 7.99. The van der Waals surface area contributed by atoms with Crippen molar-refractivity contribution in [1.29, 1.82) is 0 Å². The first-order valence-electron chi connectivity index (χ1n) is 11.1. The van der Waals surface area contributed by atoms with Crippen LogP contribution in [-0.2, 0) is 9.53 Å². The van der Waals surface area contributed by atoms with Crippen LogP contribution in [0.25, 0.3) is 0 Å². The number of Topliss-reactive ketones (excluding diaryl/α,β-unsaturated/α-hetero) is 1. The number of methoxy groups -OCH3 is 1. The molecule has 0 aliphatic heterocycles. The Bertz CT molecular complexity index is 560. The molecule has 4 rings (SSSR count). The van der Waals surface area contributed by atoms with Crippen molar-refractivity contribution in [3.63, 3.8) is 0 Å². The van der Waals surface area contributed by atoms with Crippen LogP contribution in [0.1, 0.15) is 84.5 Å². The predicted octanol–water partition coefficient (Wildman–Crippen LogP) is 4.76. The molecule has 26 heavy (non-hydrogen) atoms. The molecular formula is C23H38O3. The van der Waals surface area contributed by atoms with Crippen LogP contribution in [0.5, 0.6) is 0 Å².